The van der Waals surface area contributed by atoms with Crippen LogP contribution in [-0.2, 0) is 19.4 Å². The van der Waals surface area contributed by atoms with E-state index in [0.29, 0.717) is 19.8 Å². The maximum Gasteiger partial charge on any atom is 0.293 e. The molecule has 26 heavy (non-hydrogen) atoms. The van der Waals surface area contributed by atoms with E-state index in [1.165, 1.54) is 12.1 Å². The number of carbonyl (C=O) groups excluding carboxylic acids is 1. The molecule has 1 aliphatic heterocycles. The van der Waals surface area contributed by atoms with Crippen molar-refractivity contribution in [2.45, 2.75) is 10.9 Å². The van der Waals surface area contributed by atoms with Crippen molar-refractivity contribution in [3.8, 4) is 0 Å². The molecule has 1 fully saturated rings. The number of carbonyl (C=O) groups is 1. The summed E-state index contributed by atoms with van der Waals surface area (Å²) in [5.41, 5.74) is -0.151. The molecule has 1 aliphatic rings. The number of anilines is 1. The van der Waals surface area contributed by atoms with Crippen molar-refractivity contribution in [1.29, 1.82) is 0 Å². The third-order valence-corrected chi connectivity index (χ3v) is 4.68. The molecule has 3 N–H and O–H groups in total. The number of hydrogen-bond donors (Lipinski definition) is 3. The first kappa shape index (κ1) is 22.1. The molecule has 0 bridgehead atoms. The fourth-order valence-electron chi connectivity index (χ4n) is 2.28. The zero-order valence-electron chi connectivity index (χ0n) is 14.1. The number of benzene rings is 1. The van der Waals surface area contributed by atoms with Crippen molar-refractivity contribution in [1.82, 2.24) is 10.6 Å². The van der Waals surface area contributed by atoms with Crippen LogP contribution in [0.15, 0.2) is 23.1 Å². The van der Waals surface area contributed by atoms with Crippen LogP contribution in [0, 0.1) is 10.1 Å². The number of nitrogens with one attached hydrogen (secondary N) is 3. The van der Waals surface area contributed by atoms with Gasteiger partial charge in [0.15, 0.2) is 9.84 Å². The topological polar surface area (TPSA) is 140 Å². The number of nitrogens with zero attached hydrogens (tertiary/aromatic N) is 1. The zero-order valence-corrected chi connectivity index (χ0v) is 15.7. The number of amides is 1. The molecule has 1 saturated heterocycles. The zero-order chi connectivity index (χ0) is 18.4. The summed E-state index contributed by atoms with van der Waals surface area (Å²) in [6, 6.07) is 3.25. The number of nitro groups is 1. The summed E-state index contributed by atoms with van der Waals surface area (Å²) in [6.45, 7) is 1.98. The van der Waals surface area contributed by atoms with Gasteiger partial charge in [0.05, 0.1) is 23.0 Å². The van der Waals surface area contributed by atoms with E-state index in [9.17, 15) is 23.3 Å². The SMILES string of the molecule is CS(=O)(=O)c1ccc(NCCNC(=O)C2COCCN2)c([N+](=O)[O-])c1.Cl. The second kappa shape index (κ2) is 9.67. The Bertz CT molecular complexity index is 752. The molecule has 1 aromatic rings. The molecule has 1 amide bonds. The van der Waals surface area contributed by atoms with Crippen LogP contribution < -0.4 is 16.0 Å². The van der Waals surface area contributed by atoms with Crippen molar-refractivity contribution >= 4 is 39.5 Å². The Kier molecular flexibility index (Phi) is 8.21. The standard InChI is InChI=1S/C14H20N4O6S.ClH/c1-25(22,23)10-2-3-11(13(8-10)18(20)21)15-4-5-17-14(19)12-9-24-7-6-16-12;/h2-3,8,12,15-16H,4-7,9H2,1H3,(H,17,19);1H. The summed E-state index contributed by atoms with van der Waals surface area (Å²) in [4.78, 5) is 22.2. The Morgan fingerprint density at radius 2 is 2.15 bits per heavy atom. The van der Waals surface area contributed by atoms with Gasteiger partial charge in [0.2, 0.25) is 5.91 Å². The van der Waals surface area contributed by atoms with Crippen molar-refractivity contribution in [3.05, 3.63) is 28.3 Å². The van der Waals surface area contributed by atoms with Gasteiger partial charge in [-0.3, -0.25) is 14.9 Å². The lowest BCUT2D eigenvalue weighted by molar-refractivity contribution is -0.384. The minimum absolute atomic E-state index is 0. The third kappa shape index (κ3) is 6.09. The molecule has 146 valence electrons. The van der Waals surface area contributed by atoms with Gasteiger partial charge in [-0.15, -0.1) is 12.4 Å². The molecule has 1 heterocycles. The van der Waals surface area contributed by atoms with E-state index in [4.69, 9.17) is 4.74 Å². The molecule has 10 nitrogen and oxygen atoms in total. The first-order valence-corrected chi connectivity index (χ1v) is 9.49. The van der Waals surface area contributed by atoms with Gasteiger partial charge >= 0.3 is 0 Å². The van der Waals surface area contributed by atoms with Crippen molar-refractivity contribution < 1.29 is 22.9 Å². The lowest BCUT2D eigenvalue weighted by atomic mass is 10.2. The fraction of sp³-hybridized carbons (Fsp3) is 0.500. The first-order valence-electron chi connectivity index (χ1n) is 7.60. The van der Waals surface area contributed by atoms with Gasteiger partial charge in [0.25, 0.3) is 5.69 Å². The molecular formula is C14H21ClN4O6S. The van der Waals surface area contributed by atoms with Gasteiger partial charge in [-0.1, -0.05) is 0 Å². The van der Waals surface area contributed by atoms with Gasteiger partial charge in [-0.05, 0) is 12.1 Å². The Balaban J connectivity index is 0.00000338. The second-order valence-corrected chi connectivity index (χ2v) is 7.52. The van der Waals surface area contributed by atoms with E-state index in [1.807, 2.05) is 0 Å². The number of halogens is 1. The number of hydrogen-bond acceptors (Lipinski definition) is 8. The number of sulfone groups is 1. The molecule has 0 radical (unpaired) electrons. The highest BCUT2D eigenvalue weighted by atomic mass is 35.5. The van der Waals surface area contributed by atoms with E-state index in [-0.39, 0.29) is 47.7 Å². The molecule has 0 aromatic heterocycles. The molecule has 1 unspecified atom stereocenters. The number of morpholine rings is 1. The summed E-state index contributed by atoms with van der Waals surface area (Å²) in [6.07, 6.45) is 0.984. The Morgan fingerprint density at radius 1 is 1.42 bits per heavy atom. The maximum absolute atomic E-state index is 11.9. The van der Waals surface area contributed by atoms with Crippen LogP contribution in [0.2, 0.25) is 0 Å². The van der Waals surface area contributed by atoms with E-state index >= 15 is 0 Å². The van der Waals surface area contributed by atoms with Gasteiger partial charge in [0, 0.05) is 32.0 Å². The molecule has 0 spiro atoms. The van der Waals surface area contributed by atoms with E-state index in [1.54, 1.807) is 0 Å². The summed E-state index contributed by atoms with van der Waals surface area (Å²) >= 11 is 0. The third-order valence-electron chi connectivity index (χ3n) is 3.57. The highest BCUT2D eigenvalue weighted by molar-refractivity contribution is 7.90. The summed E-state index contributed by atoms with van der Waals surface area (Å²) in [5, 5.41) is 19.7. The Morgan fingerprint density at radius 3 is 2.73 bits per heavy atom. The highest BCUT2D eigenvalue weighted by Gasteiger charge is 2.21. The van der Waals surface area contributed by atoms with Crippen molar-refractivity contribution in [3.63, 3.8) is 0 Å². The van der Waals surface area contributed by atoms with Gasteiger partial charge in [-0.25, -0.2) is 8.42 Å². The molecular weight excluding hydrogens is 388 g/mol. The van der Waals surface area contributed by atoms with E-state index in [2.05, 4.69) is 16.0 Å². The monoisotopic (exact) mass is 408 g/mol. The smallest absolute Gasteiger partial charge is 0.293 e. The number of rotatable bonds is 7. The van der Waals surface area contributed by atoms with Crippen LogP contribution in [0.1, 0.15) is 0 Å². The van der Waals surface area contributed by atoms with Crippen LogP contribution in [0.4, 0.5) is 11.4 Å². The van der Waals surface area contributed by atoms with Gasteiger partial charge < -0.3 is 20.7 Å². The maximum atomic E-state index is 11.9. The van der Waals surface area contributed by atoms with E-state index < -0.39 is 20.8 Å². The average Bonchev–Trinajstić information content (AvgIpc) is 2.58. The second-order valence-electron chi connectivity index (χ2n) is 5.51. The Hall–Kier alpha value is -1.95. The molecule has 1 aromatic carbocycles. The normalized spacial score (nSPS) is 17.0. The molecule has 0 saturated carbocycles. The summed E-state index contributed by atoms with van der Waals surface area (Å²) < 4.78 is 28.2. The molecule has 1 atom stereocenters. The predicted molar refractivity (Wildman–Crippen MR) is 97.6 cm³/mol. The molecule has 2 rings (SSSR count). The lowest BCUT2D eigenvalue weighted by Crippen LogP contribution is -2.51. The van der Waals surface area contributed by atoms with E-state index in [0.717, 1.165) is 12.3 Å². The minimum Gasteiger partial charge on any atom is -0.378 e. The van der Waals surface area contributed by atoms with Crippen LogP contribution in [0.3, 0.4) is 0 Å². The van der Waals surface area contributed by atoms with Crippen LogP contribution in [0.5, 0.6) is 0 Å². The number of ether oxygens (including phenoxy) is 1. The van der Waals surface area contributed by atoms with Crippen LogP contribution in [0.25, 0.3) is 0 Å². The van der Waals surface area contributed by atoms with Crippen LogP contribution in [-0.4, -0.2) is 64.4 Å². The molecule has 12 heteroatoms. The highest BCUT2D eigenvalue weighted by Crippen LogP contribution is 2.27. The summed E-state index contributed by atoms with van der Waals surface area (Å²) in [5.74, 6) is -0.205. The molecule has 0 aliphatic carbocycles. The van der Waals surface area contributed by atoms with Gasteiger partial charge in [-0.2, -0.15) is 0 Å². The van der Waals surface area contributed by atoms with Crippen molar-refractivity contribution in [2.24, 2.45) is 0 Å². The fourth-order valence-corrected chi connectivity index (χ4v) is 2.92. The first-order chi connectivity index (χ1) is 11.8. The predicted octanol–water partition coefficient (Wildman–Crippen LogP) is -0.0634. The van der Waals surface area contributed by atoms with Gasteiger partial charge in [0.1, 0.15) is 11.7 Å². The quantitative estimate of drug-likeness (QED) is 0.324. The number of nitro benzene ring substituents is 1. The summed E-state index contributed by atoms with van der Waals surface area (Å²) in [7, 11) is -3.53. The lowest BCUT2D eigenvalue weighted by Gasteiger charge is -2.22. The average molecular weight is 409 g/mol. The minimum atomic E-state index is -3.53. The van der Waals surface area contributed by atoms with Crippen molar-refractivity contribution in [2.75, 3.05) is 44.4 Å². The Labute approximate surface area is 157 Å². The largest absolute Gasteiger partial charge is 0.378 e. The van der Waals surface area contributed by atoms with Crippen LogP contribution >= 0.6 is 12.4 Å².